The largest absolute Gasteiger partial charge is 0.340 e. The van der Waals surface area contributed by atoms with Gasteiger partial charge in [-0.25, -0.2) is 4.39 Å². The Morgan fingerprint density at radius 3 is 2.61 bits per heavy atom. The summed E-state index contributed by atoms with van der Waals surface area (Å²) in [5.74, 6) is 0.0887. The molecular formula is C22H31ClFN5O2. The first-order chi connectivity index (χ1) is 14.8. The van der Waals surface area contributed by atoms with Crippen LogP contribution in [0.3, 0.4) is 0 Å². The van der Waals surface area contributed by atoms with E-state index in [-0.39, 0.29) is 10.9 Å². The molecule has 3 heterocycles. The fourth-order valence-corrected chi connectivity index (χ4v) is 3.85. The zero-order valence-electron chi connectivity index (χ0n) is 18.8. The Balaban J connectivity index is 0.000000226. The molecule has 0 radical (unpaired) electrons. The molecular weight excluding hydrogens is 421 g/mol. The topological polar surface area (TPSA) is 70.5 Å². The third kappa shape index (κ3) is 6.04. The highest BCUT2D eigenvalue weighted by atomic mass is 35.5. The van der Waals surface area contributed by atoms with E-state index in [1.54, 1.807) is 0 Å². The van der Waals surface area contributed by atoms with E-state index in [0.717, 1.165) is 49.6 Å². The molecule has 1 N–H and O–H groups in total. The molecule has 0 saturated carbocycles. The third-order valence-corrected chi connectivity index (χ3v) is 5.35. The van der Waals surface area contributed by atoms with Gasteiger partial charge in [-0.3, -0.25) is 14.3 Å². The van der Waals surface area contributed by atoms with Crippen LogP contribution in [-0.2, 0) is 24.3 Å². The molecule has 1 atom stereocenters. The molecule has 0 saturated heterocycles. The highest BCUT2D eigenvalue weighted by Gasteiger charge is 2.31. The highest BCUT2D eigenvalue weighted by Crippen LogP contribution is 2.25. The Labute approximate surface area is 188 Å². The molecule has 0 bridgehead atoms. The first-order valence-electron chi connectivity index (χ1n) is 10.5. The first kappa shape index (κ1) is 24.8. The van der Waals surface area contributed by atoms with E-state index in [0.29, 0.717) is 18.0 Å². The number of amides is 2. The molecule has 2 amide bonds. The lowest BCUT2D eigenvalue weighted by Crippen LogP contribution is -2.32. The van der Waals surface area contributed by atoms with Crippen molar-refractivity contribution in [3.05, 3.63) is 46.0 Å². The average molecular weight is 452 g/mol. The molecule has 0 aliphatic carbocycles. The van der Waals surface area contributed by atoms with Crippen molar-refractivity contribution in [3.63, 3.8) is 0 Å². The van der Waals surface area contributed by atoms with E-state index in [2.05, 4.69) is 29.3 Å². The maximum Gasteiger partial charge on any atom is 0.272 e. The Morgan fingerprint density at radius 2 is 1.97 bits per heavy atom. The lowest BCUT2D eigenvalue weighted by molar-refractivity contribution is -0.105. The number of fused-ring (bicyclic) bond motifs is 3. The Hall–Kier alpha value is -2.45. The summed E-state index contributed by atoms with van der Waals surface area (Å²) in [5, 5.41) is 7.00. The summed E-state index contributed by atoms with van der Waals surface area (Å²) in [4.78, 5) is 26.5. The summed E-state index contributed by atoms with van der Waals surface area (Å²) in [5.41, 5.74) is 3.57. The van der Waals surface area contributed by atoms with Gasteiger partial charge in [0.05, 0.1) is 10.7 Å². The second kappa shape index (κ2) is 11.2. The predicted octanol–water partition coefficient (Wildman–Crippen LogP) is 3.67. The van der Waals surface area contributed by atoms with Crippen molar-refractivity contribution in [2.75, 3.05) is 32.5 Å². The molecule has 31 heavy (non-hydrogen) atoms. The number of hydrogen-bond acceptors (Lipinski definition) is 4. The number of nitrogens with one attached hydrogen (secondary N) is 1. The highest BCUT2D eigenvalue weighted by molar-refractivity contribution is 6.31. The van der Waals surface area contributed by atoms with Crippen LogP contribution in [0.1, 0.15) is 42.5 Å². The number of nitrogens with zero attached hydrogens (tertiary/aromatic N) is 4. The maximum atomic E-state index is 12.5. The normalized spacial score (nSPS) is 17.8. The van der Waals surface area contributed by atoms with Gasteiger partial charge in [0.1, 0.15) is 11.5 Å². The number of likely N-dealkylation sites (N-methyl/N-ethyl adjacent to an activating group) is 1. The van der Waals surface area contributed by atoms with Crippen molar-refractivity contribution in [2.24, 2.45) is 5.92 Å². The van der Waals surface area contributed by atoms with E-state index in [4.69, 9.17) is 11.6 Å². The SMILES string of the molecule is CC.CC1CN(C)C(=O)c2c3c(nn2C1)CCN(C)C3.O=CNc1ccc(F)c(Cl)c1. The Bertz CT molecular complexity index is 918. The molecule has 0 fully saturated rings. The van der Waals surface area contributed by atoms with Crippen molar-refractivity contribution < 1.29 is 14.0 Å². The van der Waals surface area contributed by atoms with Crippen molar-refractivity contribution in [1.29, 1.82) is 0 Å². The minimum absolute atomic E-state index is 0.00292. The fraction of sp³-hybridized carbons (Fsp3) is 0.500. The van der Waals surface area contributed by atoms with Crippen LogP contribution in [-0.4, -0.2) is 59.1 Å². The van der Waals surface area contributed by atoms with Crippen LogP contribution in [0.4, 0.5) is 10.1 Å². The minimum Gasteiger partial charge on any atom is -0.340 e. The number of benzene rings is 1. The number of carbonyl (C=O) groups excluding carboxylic acids is 2. The van der Waals surface area contributed by atoms with Gasteiger partial charge in [0.25, 0.3) is 5.91 Å². The van der Waals surface area contributed by atoms with Crippen LogP contribution in [0.2, 0.25) is 5.02 Å². The minimum atomic E-state index is -0.497. The molecule has 4 rings (SSSR count). The van der Waals surface area contributed by atoms with Crippen LogP contribution in [0.5, 0.6) is 0 Å². The number of hydrogen-bond donors (Lipinski definition) is 1. The number of halogens is 2. The fourth-order valence-electron chi connectivity index (χ4n) is 3.67. The molecule has 0 spiro atoms. The number of anilines is 1. The van der Waals surface area contributed by atoms with Crippen LogP contribution in [0.25, 0.3) is 0 Å². The van der Waals surface area contributed by atoms with Crippen molar-refractivity contribution in [3.8, 4) is 0 Å². The maximum absolute atomic E-state index is 12.5. The zero-order valence-corrected chi connectivity index (χ0v) is 19.5. The summed E-state index contributed by atoms with van der Waals surface area (Å²) < 4.78 is 14.4. The molecule has 2 aliphatic rings. The van der Waals surface area contributed by atoms with Crippen LogP contribution in [0, 0.1) is 11.7 Å². The lowest BCUT2D eigenvalue weighted by atomic mass is 10.1. The first-order valence-corrected chi connectivity index (χ1v) is 10.9. The molecule has 170 valence electrons. The van der Waals surface area contributed by atoms with Gasteiger partial charge in [0.15, 0.2) is 0 Å². The molecule has 1 aromatic carbocycles. The van der Waals surface area contributed by atoms with Gasteiger partial charge in [-0.05, 0) is 31.2 Å². The van der Waals surface area contributed by atoms with Gasteiger partial charge in [0, 0.05) is 50.9 Å². The van der Waals surface area contributed by atoms with Gasteiger partial charge in [-0.15, -0.1) is 0 Å². The number of carbonyl (C=O) groups is 2. The van der Waals surface area contributed by atoms with Crippen molar-refractivity contribution >= 4 is 29.6 Å². The molecule has 9 heteroatoms. The molecule has 2 aromatic rings. The van der Waals surface area contributed by atoms with E-state index in [1.807, 2.05) is 30.5 Å². The lowest BCUT2D eigenvalue weighted by Gasteiger charge is -2.23. The van der Waals surface area contributed by atoms with E-state index < -0.39 is 5.82 Å². The van der Waals surface area contributed by atoms with Crippen LogP contribution in [0.15, 0.2) is 18.2 Å². The van der Waals surface area contributed by atoms with Gasteiger partial charge in [0.2, 0.25) is 6.41 Å². The monoisotopic (exact) mass is 451 g/mol. The molecule has 7 nitrogen and oxygen atoms in total. The van der Waals surface area contributed by atoms with Crippen LogP contribution >= 0.6 is 11.6 Å². The molecule has 2 aliphatic heterocycles. The Morgan fingerprint density at radius 1 is 1.26 bits per heavy atom. The second-order valence-electron chi connectivity index (χ2n) is 7.63. The van der Waals surface area contributed by atoms with E-state index in [1.165, 1.54) is 18.2 Å². The summed E-state index contributed by atoms with van der Waals surface area (Å²) in [6.07, 6.45) is 1.46. The molecule has 1 aromatic heterocycles. The standard InChI is InChI=1S/C13H20N4O.C7H5ClFNO.C2H6/c1-9-6-16(3)13(18)12-10-8-15(2)5-4-11(10)14-17(12)7-9;8-6-3-5(10-4-11)1-2-7(6)9;1-2/h9H,4-8H2,1-3H3;1-4H,(H,10,11);1-2H3. The van der Waals surface area contributed by atoms with Crippen molar-refractivity contribution in [1.82, 2.24) is 19.6 Å². The summed E-state index contributed by atoms with van der Waals surface area (Å²) in [7, 11) is 3.99. The van der Waals surface area contributed by atoms with Crippen molar-refractivity contribution in [2.45, 2.75) is 40.3 Å². The average Bonchev–Trinajstić information content (AvgIpc) is 3.03. The van der Waals surface area contributed by atoms with Crippen LogP contribution < -0.4 is 5.32 Å². The second-order valence-corrected chi connectivity index (χ2v) is 8.03. The smallest absolute Gasteiger partial charge is 0.272 e. The summed E-state index contributed by atoms with van der Waals surface area (Å²) in [6.45, 7) is 9.71. The predicted molar refractivity (Wildman–Crippen MR) is 121 cm³/mol. The summed E-state index contributed by atoms with van der Waals surface area (Å²) >= 11 is 5.42. The number of aromatic nitrogens is 2. The third-order valence-electron chi connectivity index (χ3n) is 5.06. The van der Waals surface area contributed by atoms with Gasteiger partial charge >= 0.3 is 0 Å². The Kier molecular flexibility index (Phi) is 9.00. The number of rotatable bonds is 2. The zero-order chi connectivity index (χ0) is 23.1. The molecule has 1 unspecified atom stereocenters. The van der Waals surface area contributed by atoms with E-state index >= 15 is 0 Å². The van der Waals surface area contributed by atoms with Gasteiger partial charge in [-0.1, -0.05) is 32.4 Å². The van der Waals surface area contributed by atoms with E-state index in [9.17, 15) is 14.0 Å². The summed E-state index contributed by atoms with van der Waals surface area (Å²) in [6, 6.07) is 3.95. The van der Waals surface area contributed by atoms with Gasteiger partial charge in [-0.2, -0.15) is 5.10 Å². The quantitative estimate of drug-likeness (QED) is 0.707. The van der Waals surface area contributed by atoms with Gasteiger partial charge < -0.3 is 15.1 Å².